The van der Waals surface area contributed by atoms with Gasteiger partial charge in [-0.25, -0.2) is 13.1 Å². The molecule has 1 aromatic heterocycles. The number of halogens is 4. The van der Waals surface area contributed by atoms with Crippen LogP contribution in [0.5, 0.6) is 0 Å². The zero-order chi connectivity index (χ0) is 21.4. The van der Waals surface area contributed by atoms with Gasteiger partial charge < -0.3 is 5.32 Å². The summed E-state index contributed by atoms with van der Waals surface area (Å²) in [5.41, 5.74) is -1.88. The number of alkyl halides is 3. The lowest BCUT2D eigenvalue weighted by Gasteiger charge is -2.13. The molecule has 0 saturated heterocycles. The maximum Gasteiger partial charge on any atom is 0.434 e. The van der Waals surface area contributed by atoms with Crippen molar-refractivity contribution < 1.29 is 26.4 Å². The molecule has 0 aliphatic carbocycles. The summed E-state index contributed by atoms with van der Waals surface area (Å²) in [7, 11) is -3.55. The van der Waals surface area contributed by atoms with E-state index in [-0.39, 0.29) is 16.3 Å². The fraction of sp³-hybridized carbons (Fsp3) is 0.111. The molecule has 1 amide bonds. The molecule has 3 aromatic rings. The number of sulfone groups is 1. The Morgan fingerprint density at radius 1 is 1.14 bits per heavy atom. The Balaban J connectivity index is 2.01. The number of rotatable bonds is 4. The number of carbonyl (C=O) groups is 1. The number of aromatic nitrogens is 2. The molecule has 11 heteroatoms. The molecule has 0 fully saturated rings. The molecule has 0 spiro atoms. The summed E-state index contributed by atoms with van der Waals surface area (Å²) in [6.07, 6.45) is -3.10. The van der Waals surface area contributed by atoms with E-state index in [0.717, 1.165) is 18.5 Å². The van der Waals surface area contributed by atoms with Crippen molar-refractivity contribution in [1.29, 1.82) is 0 Å². The van der Waals surface area contributed by atoms with Gasteiger partial charge in [0.25, 0.3) is 5.91 Å². The van der Waals surface area contributed by atoms with E-state index in [1.807, 2.05) is 0 Å². The van der Waals surface area contributed by atoms with Gasteiger partial charge in [0.1, 0.15) is 0 Å². The van der Waals surface area contributed by atoms with Crippen LogP contribution in [0.4, 0.5) is 18.9 Å². The Hall–Kier alpha value is -2.85. The Kier molecular flexibility index (Phi) is 5.42. The minimum atomic E-state index is -4.88. The van der Waals surface area contributed by atoms with Crippen LogP contribution in [0, 0.1) is 0 Å². The summed E-state index contributed by atoms with van der Waals surface area (Å²) < 4.78 is 64.9. The molecule has 1 heterocycles. The smallest absolute Gasteiger partial charge is 0.322 e. The van der Waals surface area contributed by atoms with E-state index in [9.17, 15) is 26.4 Å². The summed E-state index contributed by atoms with van der Waals surface area (Å²) in [6, 6.07) is 10.7. The van der Waals surface area contributed by atoms with Crippen LogP contribution >= 0.6 is 11.6 Å². The molecule has 0 saturated carbocycles. The van der Waals surface area contributed by atoms with Gasteiger partial charge in [-0.3, -0.25) is 4.79 Å². The SMILES string of the molecule is CS(=O)(=O)c1cccc(NC(=O)c2cnn(-c3ccc(Cl)cc3)c2C(F)(F)F)c1. The van der Waals surface area contributed by atoms with Crippen LogP contribution in [0.3, 0.4) is 0 Å². The van der Waals surface area contributed by atoms with Crippen molar-refractivity contribution in [3.8, 4) is 5.69 Å². The zero-order valence-electron chi connectivity index (χ0n) is 14.7. The predicted octanol–water partition coefficient (Wildman–Crippen LogP) is 4.20. The number of nitrogens with zero attached hydrogens (tertiary/aromatic N) is 2. The van der Waals surface area contributed by atoms with Crippen LogP contribution in [-0.2, 0) is 16.0 Å². The second-order valence-electron chi connectivity index (χ2n) is 6.05. The van der Waals surface area contributed by atoms with Crippen molar-refractivity contribution in [2.75, 3.05) is 11.6 Å². The van der Waals surface area contributed by atoms with Gasteiger partial charge in [-0.2, -0.15) is 18.3 Å². The average molecular weight is 444 g/mol. The molecule has 2 aromatic carbocycles. The van der Waals surface area contributed by atoms with E-state index in [1.54, 1.807) is 0 Å². The van der Waals surface area contributed by atoms with Crippen molar-refractivity contribution in [2.45, 2.75) is 11.1 Å². The lowest BCUT2D eigenvalue weighted by molar-refractivity contribution is -0.143. The molecule has 0 unspecified atom stereocenters. The molecule has 3 rings (SSSR count). The maximum absolute atomic E-state index is 13.7. The monoisotopic (exact) mass is 443 g/mol. The average Bonchev–Trinajstić information content (AvgIpc) is 3.07. The van der Waals surface area contributed by atoms with Gasteiger partial charge >= 0.3 is 6.18 Å². The van der Waals surface area contributed by atoms with Crippen LogP contribution < -0.4 is 5.32 Å². The normalized spacial score (nSPS) is 12.0. The molecular formula is C18H13ClF3N3O3S. The van der Waals surface area contributed by atoms with E-state index in [4.69, 9.17) is 11.6 Å². The lowest BCUT2D eigenvalue weighted by Crippen LogP contribution is -2.20. The topological polar surface area (TPSA) is 81.1 Å². The van der Waals surface area contributed by atoms with Gasteiger partial charge in [0, 0.05) is 17.0 Å². The van der Waals surface area contributed by atoms with Crippen molar-refractivity contribution >= 4 is 33.0 Å². The summed E-state index contributed by atoms with van der Waals surface area (Å²) in [5, 5.41) is 6.31. The van der Waals surface area contributed by atoms with Crippen LogP contribution in [0.1, 0.15) is 16.1 Å². The zero-order valence-corrected chi connectivity index (χ0v) is 16.3. The van der Waals surface area contributed by atoms with Crippen LogP contribution in [0.15, 0.2) is 59.6 Å². The van der Waals surface area contributed by atoms with Gasteiger partial charge in [0.2, 0.25) is 0 Å². The van der Waals surface area contributed by atoms with Crippen LogP contribution in [0.25, 0.3) is 5.69 Å². The third-order valence-electron chi connectivity index (χ3n) is 3.87. The Bertz CT molecular complexity index is 1170. The lowest BCUT2D eigenvalue weighted by atomic mass is 10.2. The van der Waals surface area contributed by atoms with Crippen molar-refractivity contribution in [2.24, 2.45) is 0 Å². The van der Waals surface area contributed by atoms with E-state index in [1.165, 1.54) is 42.5 Å². The number of nitrogens with one attached hydrogen (secondary N) is 1. The predicted molar refractivity (Wildman–Crippen MR) is 101 cm³/mol. The van der Waals surface area contributed by atoms with Crippen LogP contribution in [0.2, 0.25) is 5.02 Å². The molecule has 0 aliphatic rings. The van der Waals surface area contributed by atoms with Crippen molar-refractivity contribution in [3.63, 3.8) is 0 Å². The minimum absolute atomic E-state index is 0.0327. The number of carbonyl (C=O) groups excluding carboxylic acids is 1. The molecule has 0 bridgehead atoms. The highest BCUT2D eigenvalue weighted by atomic mass is 35.5. The highest BCUT2D eigenvalue weighted by Crippen LogP contribution is 2.34. The first-order chi connectivity index (χ1) is 13.5. The van der Waals surface area contributed by atoms with Gasteiger partial charge in [0.15, 0.2) is 15.5 Å². The number of hydrogen-bond donors (Lipinski definition) is 1. The molecular weight excluding hydrogens is 431 g/mol. The highest BCUT2D eigenvalue weighted by molar-refractivity contribution is 7.90. The highest BCUT2D eigenvalue weighted by Gasteiger charge is 2.40. The second-order valence-corrected chi connectivity index (χ2v) is 8.50. The van der Waals surface area contributed by atoms with Gasteiger partial charge in [0.05, 0.1) is 22.3 Å². The fourth-order valence-corrected chi connectivity index (χ4v) is 3.36. The van der Waals surface area contributed by atoms with E-state index in [0.29, 0.717) is 9.70 Å². The van der Waals surface area contributed by atoms with E-state index in [2.05, 4.69) is 10.4 Å². The standard InChI is InChI=1S/C18H13ClF3N3O3S/c1-29(27,28)14-4-2-3-12(9-14)24-17(26)15-10-23-25(16(15)18(20,21)22)13-7-5-11(19)6-8-13/h2-10H,1H3,(H,24,26). The quantitative estimate of drug-likeness (QED) is 0.655. The molecule has 0 aliphatic heterocycles. The third-order valence-corrected chi connectivity index (χ3v) is 5.24. The Morgan fingerprint density at radius 3 is 2.38 bits per heavy atom. The number of amides is 1. The second kappa shape index (κ2) is 7.53. The van der Waals surface area contributed by atoms with Crippen LogP contribution in [-0.4, -0.2) is 30.4 Å². The molecule has 0 atom stereocenters. The van der Waals surface area contributed by atoms with Gasteiger partial charge in [-0.1, -0.05) is 17.7 Å². The molecule has 152 valence electrons. The first-order valence-electron chi connectivity index (χ1n) is 7.99. The summed E-state index contributed by atoms with van der Waals surface area (Å²) in [5.74, 6) is -1.08. The Morgan fingerprint density at radius 2 is 1.79 bits per heavy atom. The van der Waals surface area contributed by atoms with E-state index >= 15 is 0 Å². The molecule has 0 radical (unpaired) electrons. The van der Waals surface area contributed by atoms with Crippen molar-refractivity contribution in [1.82, 2.24) is 9.78 Å². The molecule has 6 nitrogen and oxygen atoms in total. The summed E-state index contributed by atoms with van der Waals surface area (Å²) in [6.45, 7) is 0. The molecule has 1 N–H and O–H groups in total. The number of benzene rings is 2. The summed E-state index contributed by atoms with van der Waals surface area (Å²) in [4.78, 5) is 12.4. The summed E-state index contributed by atoms with van der Waals surface area (Å²) >= 11 is 5.76. The first kappa shape index (κ1) is 20.9. The van der Waals surface area contributed by atoms with E-state index < -0.39 is 33.2 Å². The van der Waals surface area contributed by atoms with Gasteiger partial charge in [-0.05, 0) is 42.5 Å². The Labute approximate surface area is 168 Å². The third kappa shape index (κ3) is 4.60. The number of anilines is 1. The van der Waals surface area contributed by atoms with Gasteiger partial charge in [-0.15, -0.1) is 0 Å². The van der Waals surface area contributed by atoms with Crippen molar-refractivity contribution in [3.05, 3.63) is 71.0 Å². The largest absolute Gasteiger partial charge is 0.434 e. The molecule has 29 heavy (non-hydrogen) atoms. The minimum Gasteiger partial charge on any atom is -0.322 e. The first-order valence-corrected chi connectivity index (χ1v) is 10.3. The number of hydrogen-bond acceptors (Lipinski definition) is 4. The fourth-order valence-electron chi connectivity index (χ4n) is 2.57. The maximum atomic E-state index is 13.7.